The number of rotatable bonds is 4. The van der Waals surface area contributed by atoms with E-state index in [9.17, 15) is 9.59 Å². The lowest BCUT2D eigenvalue weighted by molar-refractivity contribution is -0.125. The highest BCUT2D eigenvalue weighted by Crippen LogP contribution is 2.10. The van der Waals surface area contributed by atoms with Gasteiger partial charge in [0.05, 0.1) is 13.1 Å². The van der Waals surface area contributed by atoms with E-state index in [4.69, 9.17) is 5.73 Å². The summed E-state index contributed by atoms with van der Waals surface area (Å²) in [5.41, 5.74) is 7.56. The summed E-state index contributed by atoms with van der Waals surface area (Å²) in [6.45, 7) is 1.05. The molecule has 1 aliphatic heterocycles. The molecule has 0 unspecified atom stereocenters. The minimum atomic E-state index is -0.318. The lowest BCUT2D eigenvalue weighted by Gasteiger charge is -2.12. The SMILES string of the molecule is NCCc1ccc(CN2C(=O)CNC2=O)cc1. The van der Waals surface area contributed by atoms with Crippen molar-refractivity contribution < 1.29 is 9.59 Å². The van der Waals surface area contributed by atoms with Crippen LogP contribution in [0.4, 0.5) is 4.79 Å². The molecule has 1 aromatic rings. The first-order valence-corrected chi connectivity index (χ1v) is 5.57. The molecule has 0 atom stereocenters. The first-order chi connectivity index (χ1) is 8.20. The Morgan fingerprint density at radius 3 is 2.35 bits per heavy atom. The van der Waals surface area contributed by atoms with Gasteiger partial charge in [0.25, 0.3) is 0 Å². The number of urea groups is 1. The fourth-order valence-electron chi connectivity index (χ4n) is 1.78. The van der Waals surface area contributed by atoms with Crippen molar-refractivity contribution in [1.82, 2.24) is 10.2 Å². The molecule has 90 valence electrons. The molecule has 3 amide bonds. The number of carbonyl (C=O) groups is 2. The third-order valence-electron chi connectivity index (χ3n) is 2.73. The van der Waals surface area contributed by atoms with Gasteiger partial charge in [-0.1, -0.05) is 24.3 Å². The highest BCUT2D eigenvalue weighted by Gasteiger charge is 2.28. The predicted octanol–water partition coefficient (Wildman–Crippen LogP) is 0.240. The third-order valence-corrected chi connectivity index (χ3v) is 2.73. The highest BCUT2D eigenvalue weighted by atomic mass is 16.2. The average molecular weight is 233 g/mol. The maximum Gasteiger partial charge on any atom is 0.324 e. The molecule has 2 rings (SSSR count). The monoisotopic (exact) mass is 233 g/mol. The summed E-state index contributed by atoms with van der Waals surface area (Å²) in [5.74, 6) is -0.180. The predicted molar refractivity (Wildman–Crippen MR) is 63.1 cm³/mol. The van der Waals surface area contributed by atoms with Crippen LogP contribution >= 0.6 is 0 Å². The maximum absolute atomic E-state index is 11.4. The van der Waals surface area contributed by atoms with Crippen molar-refractivity contribution in [2.24, 2.45) is 5.73 Å². The molecule has 0 aromatic heterocycles. The molecule has 1 aliphatic rings. The van der Waals surface area contributed by atoms with Crippen molar-refractivity contribution in [1.29, 1.82) is 0 Å². The zero-order valence-corrected chi connectivity index (χ0v) is 9.48. The van der Waals surface area contributed by atoms with Gasteiger partial charge in [0, 0.05) is 0 Å². The Kier molecular flexibility index (Phi) is 3.39. The molecule has 0 spiro atoms. The molecule has 0 bridgehead atoms. The second kappa shape index (κ2) is 4.97. The Labute approximate surface area is 99.6 Å². The largest absolute Gasteiger partial charge is 0.330 e. The number of hydrogen-bond donors (Lipinski definition) is 2. The summed E-state index contributed by atoms with van der Waals surface area (Å²) in [6, 6.07) is 7.47. The molecule has 1 fully saturated rings. The zero-order valence-electron chi connectivity index (χ0n) is 9.48. The van der Waals surface area contributed by atoms with E-state index in [-0.39, 0.29) is 18.5 Å². The highest BCUT2D eigenvalue weighted by molar-refractivity contribution is 6.01. The Balaban J connectivity index is 2.03. The summed E-state index contributed by atoms with van der Waals surface area (Å²) >= 11 is 0. The van der Waals surface area contributed by atoms with Crippen molar-refractivity contribution in [3.63, 3.8) is 0 Å². The van der Waals surface area contributed by atoms with Crippen LogP contribution in [0.2, 0.25) is 0 Å². The number of nitrogens with two attached hydrogens (primary N) is 1. The standard InChI is InChI=1S/C12H15N3O2/c13-6-5-9-1-3-10(4-2-9)8-15-11(16)7-14-12(15)17/h1-4H,5-8,13H2,(H,14,17). The van der Waals surface area contributed by atoms with Gasteiger partial charge in [0.2, 0.25) is 5.91 Å². The van der Waals surface area contributed by atoms with Gasteiger partial charge in [0.15, 0.2) is 0 Å². The quantitative estimate of drug-likeness (QED) is 0.731. The fraction of sp³-hybridized carbons (Fsp3) is 0.333. The third kappa shape index (κ3) is 2.62. The molecule has 5 heteroatoms. The minimum absolute atomic E-state index is 0.101. The first kappa shape index (κ1) is 11.6. The smallest absolute Gasteiger partial charge is 0.324 e. The number of nitrogens with zero attached hydrogens (tertiary/aromatic N) is 1. The van der Waals surface area contributed by atoms with Gasteiger partial charge >= 0.3 is 6.03 Å². The lowest BCUT2D eigenvalue weighted by atomic mass is 10.1. The summed E-state index contributed by atoms with van der Waals surface area (Å²) in [7, 11) is 0. The van der Waals surface area contributed by atoms with E-state index in [1.807, 2.05) is 24.3 Å². The van der Waals surface area contributed by atoms with E-state index in [0.29, 0.717) is 13.1 Å². The van der Waals surface area contributed by atoms with Crippen molar-refractivity contribution >= 4 is 11.9 Å². The second-order valence-corrected chi connectivity index (χ2v) is 3.99. The average Bonchev–Trinajstić information content (AvgIpc) is 2.64. The van der Waals surface area contributed by atoms with Crippen LogP contribution in [0.3, 0.4) is 0 Å². The van der Waals surface area contributed by atoms with Crippen LogP contribution in [0, 0.1) is 0 Å². The maximum atomic E-state index is 11.4. The van der Waals surface area contributed by atoms with Crippen molar-refractivity contribution in [3.05, 3.63) is 35.4 Å². The molecule has 5 nitrogen and oxygen atoms in total. The van der Waals surface area contributed by atoms with Crippen LogP contribution in [0.25, 0.3) is 0 Å². The van der Waals surface area contributed by atoms with Gasteiger partial charge in [-0.25, -0.2) is 4.79 Å². The van der Waals surface area contributed by atoms with Crippen LogP contribution in [0.1, 0.15) is 11.1 Å². The Hall–Kier alpha value is -1.88. The number of amides is 3. The van der Waals surface area contributed by atoms with Gasteiger partial charge in [-0.2, -0.15) is 0 Å². The molecule has 0 aliphatic carbocycles. The van der Waals surface area contributed by atoms with Crippen molar-refractivity contribution in [2.75, 3.05) is 13.1 Å². The molecule has 17 heavy (non-hydrogen) atoms. The molecule has 1 heterocycles. The van der Waals surface area contributed by atoms with Crippen LogP contribution in [0.15, 0.2) is 24.3 Å². The number of benzene rings is 1. The number of carbonyl (C=O) groups excluding carboxylic acids is 2. The van der Waals surface area contributed by atoms with Gasteiger partial charge in [-0.05, 0) is 24.1 Å². The van der Waals surface area contributed by atoms with E-state index < -0.39 is 0 Å². The summed E-state index contributed by atoms with van der Waals surface area (Å²) in [6.07, 6.45) is 0.837. The summed E-state index contributed by atoms with van der Waals surface area (Å²) < 4.78 is 0. The number of imide groups is 1. The fourth-order valence-corrected chi connectivity index (χ4v) is 1.78. The molecule has 1 saturated heterocycles. The van der Waals surface area contributed by atoms with Gasteiger partial charge < -0.3 is 11.1 Å². The molecule has 1 aromatic carbocycles. The topological polar surface area (TPSA) is 75.4 Å². The molecular weight excluding hydrogens is 218 g/mol. The molecular formula is C12H15N3O2. The normalized spacial score (nSPS) is 15.2. The summed E-state index contributed by atoms with van der Waals surface area (Å²) in [5, 5.41) is 2.49. The first-order valence-electron chi connectivity index (χ1n) is 5.57. The van der Waals surface area contributed by atoms with Gasteiger partial charge in [0.1, 0.15) is 0 Å². The van der Waals surface area contributed by atoms with Crippen LogP contribution in [-0.2, 0) is 17.8 Å². The van der Waals surface area contributed by atoms with Gasteiger partial charge in [-0.3, -0.25) is 9.69 Å². The van der Waals surface area contributed by atoms with E-state index in [1.54, 1.807) is 0 Å². The Morgan fingerprint density at radius 2 is 1.82 bits per heavy atom. The molecule has 0 radical (unpaired) electrons. The van der Waals surface area contributed by atoms with E-state index >= 15 is 0 Å². The van der Waals surface area contributed by atoms with Crippen LogP contribution in [-0.4, -0.2) is 29.9 Å². The number of nitrogens with one attached hydrogen (secondary N) is 1. The van der Waals surface area contributed by atoms with Crippen molar-refractivity contribution in [2.45, 2.75) is 13.0 Å². The Morgan fingerprint density at radius 1 is 1.18 bits per heavy atom. The van der Waals surface area contributed by atoms with E-state index in [0.717, 1.165) is 17.5 Å². The van der Waals surface area contributed by atoms with E-state index in [1.165, 1.54) is 4.90 Å². The van der Waals surface area contributed by atoms with Gasteiger partial charge in [-0.15, -0.1) is 0 Å². The Bertz CT molecular complexity index is 412. The second-order valence-electron chi connectivity index (χ2n) is 3.99. The molecule has 3 N–H and O–H groups in total. The minimum Gasteiger partial charge on any atom is -0.330 e. The van der Waals surface area contributed by atoms with Crippen molar-refractivity contribution in [3.8, 4) is 0 Å². The number of hydrogen-bond acceptors (Lipinski definition) is 3. The summed E-state index contributed by atoms with van der Waals surface area (Å²) in [4.78, 5) is 23.9. The zero-order chi connectivity index (χ0) is 12.3. The molecule has 0 saturated carbocycles. The van der Waals surface area contributed by atoms with E-state index in [2.05, 4.69) is 5.32 Å². The van der Waals surface area contributed by atoms with Crippen LogP contribution in [0.5, 0.6) is 0 Å². The van der Waals surface area contributed by atoms with Crippen LogP contribution < -0.4 is 11.1 Å². The lowest BCUT2D eigenvalue weighted by Crippen LogP contribution is -2.30.